The van der Waals surface area contributed by atoms with E-state index in [1.807, 2.05) is 6.92 Å². The van der Waals surface area contributed by atoms with Gasteiger partial charge < -0.3 is 10.1 Å². The second-order valence-corrected chi connectivity index (χ2v) is 4.96. The number of halogens is 3. The molecule has 0 bridgehead atoms. The Balaban J connectivity index is 1.92. The van der Waals surface area contributed by atoms with E-state index >= 15 is 0 Å². The van der Waals surface area contributed by atoms with Crippen molar-refractivity contribution in [2.24, 2.45) is 0 Å². The monoisotopic (exact) mass is 277 g/mol. The maximum atomic E-state index is 13.2. The molecule has 0 aromatic heterocycles. The van der Waals surface area contributed by atoms with Gasteiger partial charge in [-0.3, -0.25) is 0 Å². The van der Waals surface area contributed by atoms with Crippen LogP contribution in [0.25, 0.3) is 0 Å². The molecule has 0 amide bonds. The average Bonchev–Trinajstić information content (AvgIpc) is 2.23. The van der Waals surface area contributed by atoms with E-state index in [4.69, 9.17) is 27.9 Å². The summed E-state index contributed by atoms with van der Waals surface area (Å²) in [5.41, 5.74) is 0.751. The normalized spacial score (nSPS) is 23.3. The minimum absolute atomic E-state index is 0.0423. The third-order valence-electron chi connectivity index (χ3n) is 2.85. The molecule has 0 spiro atoms. The molecule has 0 unspecified atom stereocenters. The average molecular weight is 278 g/mol. The number of benzene rings is 1. The summed E-state index contributed by atoms with van der Waals surface area (Å²) in [6.45, 7) is 2.73. The molecule has 94 valence electrons. The van der Waals surface area contributed by atoms with Gasteiger partial charge in [0.1, 0.15) is 0 Å². The molecule has 1 aromatic carbocycles. The van der Waals surface area contributed by atoms with Crippen LogP contribution in [-0.2, 0) is 4.74 Å². The zero-order valence-corrected chi connectivity index (χ0v) is 11.0. The molecule has 1 aliphatic rings. The summed E-state index contributed by atoms with van der Waals surface area (Å²) in [4.78, 5) is 0. The molecule has 1 aliphatic carbocycles. The van der Waals surface area contributed by atoms with Gasteiger partial charge in [-0.15, -0.1) is 0 Å². The first-order chi connectivity index (χ1) is 8.10. The number of rotatable bonds is 4. The Morgan fingerprint density at radius 3 is 2.47 bits per heavy atom. The Morgan fingerprint density at radius 1 is 1.35 bits per heavy atom. The molecule has 2 rings (SSSR count). The van der Waals surface area contributed by atoms with Crippen LogP contribution in [0.2, 0.25) is 10.0 Å². The molecule has 5 heteroatoms. The van der Waals surface area contributed by atoms with Gasteiger partial charge in [-0.05, 0) is 31.9 Å². The molecular weight excluding hydrogens is 264 g/mol. The zero-order valence-electron chi connectivity index (χ0n) is 9.47. The first kappa shape index (κ1) is 12.9. The largest absolute Gasteiger partial charge is 0.382 e. The lowest BCUT2D eigenvalue weighted by Gasteiger charge is -2.36. The topological polar surface area (TPSA) is 21.3 Å². The molecule has 17 heavy (non-hydrogen) atoms. The fraction of sp³-hybridized carbons (Fsp3) is 0.500. The van der Waals surface area contributed by atoms with Crippen LogP contribution < -0.4 is 5.32 Å². The Bertz CT molecular complexity index is 384. The maximum Gasteiger partial charge on any atom is 0.160 e. The van der Waals surface area contributed by atoms with Crippen molar-refractivity contribution in [1.82, 2.24) is 0 Å². The highest BCUT2D eigenvalue weighted by Gasteiger charge is 2.29. The van der Waals surface area contributed by atoms with Crippen LogP contribution in [0.15, 0.2) is 12.1 Å². The number of hydrogen-bond acceptors (Lipinski definition) is 2. The number of anilines is 1. The van der Waals surface area contributed by atoms with Crippen molar-refractivity contribution >= 4 is 28.9 Å². The summed E-state index contributed by atoms with van der Waals surface area (Å²) >= 11 is 11.4. The van der Waals surface area contributed by atoms with Crippen LogP contribution >= 0.6 is 23.2 Å². The summed E-state index contributed by atoms with van der Waals surface area (Å²) in [5.74, 6) is -0.570. The molecule has 0 atom stereocenters. The molecule has 0 saturated heterocycles. The molecular formula is C12H14Cl2FNO. The fourth-order valence-electron chi connectivity index (χ4n) is 1.93. The Labute approximate surface area is 110 Å². The van der Waals surface area contributed by atoms with Crippen LogP contribution in [0.4, 0.5) is 10.1 Å². The van der Waals surface area contributed by atoms with E-state index in [-0.39, 0.29) is 10.0 Å². The molecule has 1 saturated carbocycles. The van der Waals surface area contributed by atoms with Gasteiger partial charge in [-0.2, -0.15) is 0 Å². The van der Waals surface area contributed by atoms with Crippen molar-refractivity contribution in [3.05, 3.63) is 28.0 Å². The van der Waals surface area contributed by atoms with Gasteiger partial charge in [0.05, 0.1) is 16.1 Å². The second kappa shape index (κ2) is 5.42. The van der Waals surface area contributed by atoms with Crippen LogP contribution in [0.1, 0.15) is 19.8 Å². The van der Waals surface area contributed by atoms with Crippen molar-refractivity contribution in [1.29, 1.82) is 0 Å². The zero-order chi connectivity index (χ0) is 12.4. The predicted molar refractivity (Wildman–Crippen MR) is 68.5 cm³/mol. The molecule has 1 fully saturated rings. The van der Waals surface area contributed by atoms with E-state index in [1.165, 1.54) is 0 Å². The molecule has 0 radical (unpaired) electrons. The first-order valence-corrected chi connectivity index (χ1v) is 6.38. The van der Waals surface area contributed by atoms with Crippen molar-refractivity contribution in [3.8, 4) is 0 Å². The molecule has 1 aromatic rings. The maximum absolute atomic E-state index is 13.2. The Kier molecular flexibility index (Phi) is 4.13. The van der Waals surface area contributed by atoms with Crippen LogP contribution in [-0.4, -0.2) is 18.8 Å². The minimum Gasteiger partial charge on any atom is -0.382 e. The second-order valence-electron chi connectivity index (χ2n) is 4.14. The Hall–Kier alpha value is -0.510. The molecule has 0 aliphatic heterocycles. The van der Waals surface area contributed by atoms with E-state index in [1.54, 1.807) is 12.1 Å². The van der Waals surface area contributed by atoms with Crippen LogP contribution in [0, 0.1) is 5.82 Å². The Morgan fingerprint density at radius 2 is 1.94 bits per heavy atom. The van der Waals surface area contributed by atoms with E-state index in [0.29, 0.717) is 12.1 Å². The minimum atomic E-state index is -0.570. The lowest BCUT2D eigenvalue weighted by molar-refractivity contribution is 0.00299. The lowest BCUT2D eigenvalue weighted by Crippen LogP contribution is -2.40. The third-order valence-corrected chi connectivity index (χ3v) is 3.40. The molecule has 2 nitrogen and oxygen atoms in total. The smallest absolute Gasteiger partial charge is 0.160 e. The standard InChI is InChI=1S/C12H14Cl2FNO/c1-2-17-9-3-7(4-9)16-8-5-10(13)12(15)11(14)6-8/h5-7,9,16H,2-4H2,1H3. The first-order valence-electron chi connectivity index (χ1n) is 5.62. The third kappa shape index (κ3) is 3.03. The van der Waals surface area contributed by atoms with Gasteiger partial charge in [0.2, 0.25) is 0 Å². The summed E-state index contributed by atoms with van der Waals surface area (Å²) in [6, 6.07) is 3.46. The van der Waals surface area contributed by atoms with Crippen LogP contribution in [0.5, 0.6) is 0 Å². The SMILES string of the molecule is CCOC1CC(Nc2cc(Cl)c(F)c(Cl)c2)C1. The van der Waals surface area contributed by atoms with Crippen molar-refractivity contribution in [3.63, 3.8) is 0 Å². The quantitative estimate of drug-likeness (QED) is 0.837. The summed E-state index contributed by atoms with van der Waals surface area (Å²) in [6.07, 6.45) is 2.25. The van der Waals surface area contributed by atoms with Gasteiger partial charge in [0.25, 0.3) is 0 Å². The number of ether oxygens (including phenoxy) is 1. The van der Waals surface area contributed by atoms with Crippen molar-refractivity contribution < 1.29 is 9.13 Å². The summed E-state index contributed by atoms with van der Waals surface area (Å²) in [7, 11) is 0. The van der Waals surface area contributed by atoms with E-state index in [9.17, 15) is 4.39 Å². The van der Waals surface area contributed by atoms with E-state index in [2.05, 4.69) is 5.32 Å². The number of hydrogen-bond donors (Lipinski definition) is 1. The molecule has 0 heterocycles. The van der Waals surface area contributed by atoms with Crippen LogP contribution in [0.3, 0.4) is 0 Å². The highest BCUT2D eigenvalue weighted by atomic mass is 35.5. The summed E-state index contributed by atoms with van der Waals surface area (Å²) < 4.78 is 18.7. The van der Waals surface area contributed by atoms with Gasteiger partial charge in [0, 0.05) is 18.3 Å². The van der Waals surface area contributed by atoms with E-state index in [0.717, 1.165) is 25.1 Å². The molecule has 1 N–H and O–H groups in total. The fourth-order valence-corrected chi connectivity index (χ4v) is 2.42. The van der Waals surface area contributed by atoms with Crippen molar-refractivity contribution in [2.45, 2.75) is 31.9 Å². The van der Waals surface area contributed by atoms with Gasteiger partial charge in [-0.1, -0.05) is 23.2 Å². The highest BCUT2D eigenvalue weighted by Crippen LogP contribution is 2.31. The van der Waals surface area contributed by atoms with Crippen molar-refractivity contribution in [2.75, 3.05) is 11.9 Å². The van der Waals surface area contributed by atoms with Gasteiger partial charge in [-0.25, -0.2) is 4.39 Å². The number of nitrogens with one attached hydrogen (secondary N) is 1. The highest BCUT2D eigenvalue weighted by molar-refractivity contribution is 6.35. The predicted octanol–water partition coefficient (Wildman–Crippen LogP) is 4.11. The van der Waals surface area contributed by atoms with Gasteiger partial charge >= 0.3 is 0 Å². The lowest BCUT2D eigenvalue weighted by atomic mass is 9.89. The van der Waals surface area contributed by atoms with Gasteiger partial charge in [0.15, 0.2) is 5.82 Å². The summed E-state index contributed by atoms with van der Waals surface area (Å²) in [5, 5.41) is 3.34. The van der Waals surface area contributed by atoms with E-state index < -0.39 is 5.82 Å².